The van der Waals surface area contributed by atoms with Gasteiger partial charge >= 0.3 is 0 Å². The lowest BCUT2D eigenvalue weighted by atomic mass is 10.0. The Hall–Kier alpha value is -3.54. The maximum Gasteiger partial charge on any atom is 0.236 e. The van der Waals surface area contributed by atoms with Crippen molar-refractivity contribution in [1.82, 2.24) is 18.8 Å². The first-order chi connectivity index (χ1) is 18.6. The van der Waals surface area contributed by atoms with Crippen LogP contribution in [0.5, 0.6) is 5.75 Å². The lowest BCUT2D eigenvalue weighted by Crippen LogP contribution is -2.41. The van der Waals surface area contributed by atoms with Crippen LogP contribution in [0.3, 0.4) is 0 Å². The molecule has 5 rings (SSSR count). The van der Waals surface area contributed by atoms with Gasteiger partial charge in [0.1, 0.15) is 10.8 Å². The van der Waals surface area contributed by atoms with Gasteiger partial charge in [-0.05, 0) is 51.2 Å². The molecular formula is C27H32ClN7O3S. The monoisotopic (exact) mass is 569 g/mol. The molecule has 0 bridgehead atoms. The molecule has 1 aliphatic rings. The number of anilines is 5. The number of piperidine rings is 1. The Bertz CT molecular complexity index is 1600. The first-order valence-corrected chi connectivity index (χ1v) is 14.8. The van der Waals surface area contributed by atoms with Crippen LogP contribution >= 0.6 is 11.6 Å². The molecule has 0 aliphatic carbocycles. The van der Waals surface area contributed by atoms with E-state index >= 15 is 0 Å². The first-order valence-electron chi connectivity index (χ1n) is 12.6. The van der Waals surface area contributed by atoms with Gasteiger partial charge in [-0.15, -0.1) is 0 Å². The van der Waals surface area contributed by atoms with E-state index in [1.807, 2.05) is 24.3 Å². The Balaban J connectivity index is 1.38. The second-order valence-corrected chi connectivity index (χ2v) is 12.1. The lowest BCUT2D eigenvalue weighted by Gasteiger charge is -2.36. The van der Waals surface area contributed by atoms with Crippen molar-refractivity contribution >= 4 is 61.4 Å². The second-order valence-electron chi connectivity index (χ2n) is 9.82. The van der Waals surface area contributed by atoms with E-state index in [4.69, 9.17) is 16.3 Å². The molecule has 0 saturated carbocycles. The Kier molecular flexibility index (Phi) is 7.57. The maximum absolute atomic E-state index is 12.3. The van der Waals surface area contributed by atoms with Gasteiger partial charge in [0.05, 0.1) is 36.5 Å². The molecule has 0 spiro atoms. The Labute approximate surface area is 233 Å². The molecule has 1 fully saturated rings. The fourth-order valence-electron chi connectivity index (χ4n) is 4.92. The van der Waals surface area contributed by atoms with Crippen LogP contribution in [0.1, 0.15) is 12.8 Å². The fraction of sp³-hybridized carbons (Fsp3) is 0.333. The Morgan fingerprint density at radius 1 is 1.08 bits per heavy atom. The number of hydrogen-bond donors (Lipinski definition) is 2. The zero-order valence-corrected chi connectivity index (χ0v) is 23.9. The summed E-state index contributed by atoms with van der Waals surface area (Å²) in [7, 11) is 2.40. The number of halogens is 1. The summed E-state index contributed by atoms with van der Waals surface area (Å²) in [4.78, 5) is 13.6. The fourth-order valence-corrected chi connectivity index (χ4v) is 5.88. The van der Waals surface area contributed by atoms with E-state index in [2.05, 4.69) is 50.6 Å². The lowest BCUT2D eigenvalue weighted by molar-refractivity contribution is 0.249. The van der Waals surface area contributed by atoms with Crippen molar-refractivity contribution in [1.29, 1.82) is 0 Å². The zero-order chi connectivity index (χ0) is 27.7. The SMILES string of the molecule is COc1cc(N2CCC(N(C)C)CC2)ccc1Nc1ncc(Cl)c(Nc2cccc3ccn(S(C)(=O)=O)c23)n1. The highest BCUT2D eigenvalue weighted by molar-refractivity contribution is 7.89. The predicted octanol–water partition coefficient (Wildman–Crippen LogP) is 4.92. The number of methoxy groups -OCH3 is 1. The van der Waals surface area contributed by atoms with Gasteiger partial charge in [-0.2, -0.15) is 4.98 Å². The summed E-state index contributed by atoms with van der Waals surface area (Å²) in [5.41, 5.74) is 2.88. The largest absolute Gasteiger partial charge is 0.494 e. The number of para-hydroxylation sites is 1. The molecule has 1 aliphatic heterocycles. The Morgan fingerprint density at radius 2 is 1.85 bits per heavy atom. The standard InChI is InChI=1S/C27H32ClN7O3S/c1-33(2)19-11-13-34(14-12-19)20-8-9-22(24(16-20)38-3)31-27-29-17-21(28)26(32-27)30-23-7-5-6-18-10-15-35(25(18)23)39(4,36)37/h5-10,15-17,19H,11-14H2,1-4H3,(H2,29,30,31,32). The van der Waals surface area contributed by atoms with Crippen LogP contribution < -0.4 is 20.3 Å². The minimum atomic E-state index is -3.51. The van der Waals surface area contributed by atoms with Crippen LogP contribution in [0.2, 0.25) is 5.02 Å². The summed E-state index contributed by atoms with van der Waals surface area (Å²) in [6.45, 7) is 1.98. The summed E-state index contributed by atoms with van der Waals surface area (Å²) in [6, 6.07) is 13.9. The van der Waals surface area contributed by atoms with Crippen molar-refractivity contribution in [3.8, 4) is 5.75 Å². The molecule has 0 unspecified atom stereocenters. The van der Waals surface area contributed by atoms with Gasteiger partial charge in [0.15, 0.2) is 5.82 Å². The van der Waals surface area contributed by atoms with Gasteiger partial charge in [0.25, 0.3) is 0 Å². The molecule has 0 atom stereocenters. The highest BCUT2D eigenvalue weighted by atomic mass is 35.5. The van der Waals surface area contributed by atoms with E-state index in [9.17, 15) is 8.42 Å². The van der Waals surface area contributed by atoms with Crippen LogP contribution in [0.15, 0.2) is 54.9 Å². The van der Waals surface area contributed by atoms with Crippen LogP contribution in [0.25, 0.3) is 10.9 Å². The third-order valence-corrected chi connectivity index (χ3v) is 8.32. The minimum absolute atomic E-state index is 0.290. The van der Waals surface area contributed by atoms with Crippen LogP contribution in [0, 0.1) is 0 Å². The van der Waals surface area contributed by atoms with Crippen molar-refractivity contribution < 1.29 is 13.2 Å². The molecule has 0 radical (unpaired) electrons. The molecule has 4 aromatic rings. The van der Waals surface area contributed by atoms with Crippen molar-refractivity contribution in [3.63, 3.8) is 0 Å². The van der Waals surface area contributed by atoms with E-state index in [0.29, 0.717) is 45.5 Å². The quantitative estimate of drug-likeness (QED) is 0.306. The van der Waals surface area contributed by atoms with Gasteiger partial charge in [-0.1, -0.05) is 23.7 Å². The van der Waals surface area contributed by atoms with E-state index in [-0.39, 0.29) is 0 Å². The van der Waals surface area contributed by atoms with E-state index in [1.165, 1.54) is 16.4 Å². The topological polar surface area (TPSA) is 105 Å². The van der Waals surface area contributed by atoms with Crippen molar-refractivity contribution in [2.24, 2.45) is 0 Å². The van der Waals surface area contributed by atoms with Gasteiger partial charge in [-0.25, -0.2) is 17.4 Å². The normalized spacial score (nSPS) is 14.7. The number of hydrogen-bond acceptors (Lipinski definition) is 9. The summed E-state index contributed by atoms with van der Waals surface area (Å²) in [5, 5.41) is 7.47. The molecule has 10 nitrogen and oxygen atoms in total. The summed E-state index contributed by atoms with van der Waals surface area (Å²) in [5.74, 6) is 1.32. The average molecular weight is 570 g/mol. The third-order valence-electron chi connectivity index (χ3n) is 7.02. The van der Waals surface area contributed by atoms with E-state index < -0.39 is 10.0 Å². The number of ether oxygens (including phenoxy) is 1. The third kappa shape index (κ3) is 5.75. The van der Waals surface area contributed by atoms with Gasteiger partial charge in [0.2, 0.25) is 16.0 Å². The number of benzene rings is 2. The number of nitrogens with one attached hydrogen (secondary N) is 2. The minimum Gasteiger partial charge on any atom is -0.494 e. The number of aromatic nitrogens is 3. The number of fused-ring (bicyclic) bond motifs is 1. The van der Waals surface area contributed by atoms with Crippen LogP contribution in [0.4, 0.5) is 28.8 Å². The smallest absolute Gasteiger partial charge is 0.236 e. The highest BCUT2D eigenvalue weighted by Crippen LogP contribution is 2.34. The molecule has 3 heterocycles. The number of rotatable bonds is 8. The molecule has 2 aromatic carbocycles. The molecule has 39 heavy (non-hydrogen) atoms. The zero-order valence-electron chi connectivity index (χ0n) is 22.3. The highest BCUT2D eigenvalue weighted by Gasteiger charge is 2.22. The number of nitrogens with zero attached hydrogens (tertiary/aromatic N) is 5. The van der Waals surface area contributed by atoms with Crippen molar-refractivity contribution in [2.75, 3.05) is 56.1 Å². The molecule has 12 heteroatoms. The molecule has 206 valence electrons. The molecule has 2 aromatic heterocycles. The van der Waals surface area contributed by atoms with Crippen molar-refractivity contribution in [2.45, 2.75) is 18.9 Å². The molecule has 1 saturated heterocycles. The first kappa shape index (κ1) is 27.0. The average Bonchev–Trinajstić information content (AvgIpc) is 3.37. The molecule has 0 amide bonds. The van der Waals surface area contributed by atoms with Crippen LogP contribution in [-0.4, -0.2) is 73.9 Å². The predicted molar refractivity (Wildman–Crippen MR) is 158 cm³/mol. The summed E-state index contributed by atoms with van der Waals surface area (Å²) >= 11 is 6.43. The van der Waals surface area contributed by atoms with Crippen molar-refractivity contribution in [3.05, 3.63) is 59.9 Å². The molecular weight excluding hydrogens is 538 g/mol. The Morgan fingerprint density at radius 3 is 2.54 bits per heavy atom. The van der Waals surface area contributed by atoms with Crippen LogP contribution in [-0.2, 0) is 10.0 Å². The maximum atomic E-state index is 12.3. The van der Waals surface area contributed by atoms with E-state index in [0.717, 1.165) is 43.3 Å². The van der Waals surface area contributed by atoms with Gasteiger partial charge in [-0.3, -0.25) is 0 Å². The summed E-state index contributed by atoms with van der Waals surface area (Å²) < 4.78 is 31.6. The summed E-state index contributed by atoms with van der Waals surface area (Å²) in [6.07, 6.45) is 6.41. The van der Waals surface area contributed by atoms with E-state index in [1.54, 1.807) is 19.2 Å². The van der Waals surface area contributed by atoms with Gasteiger partial charge in [0, 0.05) is 42.5 Å². The van der Waals surface area contributed by atoms with Gasteiger partial charge < -0.3 is 25.2 Å². The molecule has 2 N–H and O–H groups in total. The second kappa shape index (κ2) is 10.9.